The molecule has 1 heterocycles. The van der Waals surface area contributed by atoms with Crippen molar-refractivity contribution < 1.29 is 9.59 Å². The Kier molecular flexibility index (Phi) is 5.44. The molecule has 0 radical (unpaired) electrons. The summed E-state index contributed by atoms with van der Waals surface area (Å²) in [4.78, 5) is 25.3. The van der Waals surface area contributed by atoms with Crippen LogP contribution in [0.5, 0.6) is 0 Å². The summed E-state index contributed by atoms with van der Waals surface area (Å²) in [6, 6.07) is 4.97. The number of nitrogens with two attached hydrogens (primary N) is 1. The molecule has 1 saturated heterocycles. The van der Waals surface area contributed by atoms with Gasteiger partial charge in [-0.2, -0.15) is 0 Å². The van der Waals surface area contributed by atoms with Crippen LogP contribution in [0.25, 0.3) is 0 Å². The zero-order valence-electron chi connectivity index (χ0n) is 11.9. The normalized spacial score (nSPS) is 15.1. The Hall–Kier alpha value is -1.75. The van der Waals surface area contributed by atoms with E-state index >= 15 is 0 Å². The minimum atomic E-state index is -0.103. The van der Waals surface area contributed by atoms with Gasteiger partial charge in [0.25, 0.3) is 0 Å². The number of nitrogen functional groups attached to an aromatic ring is 1. The number of rotatable bonds is 5. The Morgan fingerprint density at radius 2 is 2.19 bits per heavy atom. The van der Waals surface area contributed by atoms with Gasteiger partial charge in [0.2, 0.25) is 11.8 Å². The number of piperidine rings is 1. The van der Waals surface area contributed by atoms with E-state index in [0.29, 0.717) is 42.2 Å². The van der Waals surface area contributed by atoms with Crippen LogP contribution in [0.15, 0.2) is 18.2 Å². The predicted octanol–water partition coefficient (Wildman–Crippen LogP) is 2.65. The maximum Gasteiger partial charge on any atom is 0.224 e. The molecule has 1 aromatic carbocycles. The summed E-state index contributed by atoms with van der Waals surface area (Å²) in [6.07, 6.45) is 3.69. The Labute approximate surface area is 129 Å². The quantitative estimate of drug-likeness (QED) is 0.821. The van der Waals surface area contributed by atoms with Gasteiger partial charge in [-0.3, -0.25) is 9.59 Å². The highest BCUT2D eigenvalue weighted by Gasteiger charge is 2.17. The lowest BCUT2D eigenvalue weighted by Crippen LogP contribution is -2.36. The van der Waals surface area contributed by atoms with Gasteiger partial charge in [0.15, 0.2) is 0 Å². The van der Waals surface area contributed by atoms with E-state index in [1.807, 2.05) is 4.90 Å². The van der Waals surface area contributed by atoms with Crippen LogP contribution in [-0.2, 0) is 9.59 Å². The maximum atomic E-state index is 11.9. The number of nitrogens with zero attached hydrogens (tertiary/aromatic N) is 1. The molecule has 21 heavy (non-hydrogen) atoms. The standard InChI is InChI=1S/C15H20ClN3O2/c16-11-6-7-13(12(17)10-11)18-14(20)4-3-9-19-8-2-1-5-15(19)21/h6-7,10H,1-5,8-9,17H2,(H,18,20). The fraction of sp³-hybridized carbons (Fsp3) is 0.467. The van der Waals surface area contributed by atoms with Gasteiger partial charge in [0.1, 0.15) is 0 Å². The third-order valence-corrected chi connectivity index (χ3v) is 3.78. The van der Waals surface area contributed by atoms with Crippen LogP contribution in [0, 0.1) is 0 Å². The number of benzene rings is 1. The summed E-state index contributed by atoms with van der Waals surface area (Å²) in [5.74, 6) is 0.0945. The zero-order chi connectivity index (χ0) is 15.2. The van der Waals surface area contributed by atoms with Crippen molar-refractivity contribution in [3.63, 3.8) is 0 Å². The molecule has 0 aliphatic carbocycles. The molecule has 1 fully saturated rings. The van der Waals surface area contributed by atoms with Crippen LogP contribution < -0.4 is 11.1 Å². The third kappa shape index (κ3) is 4.63. The van der Waals surface area contributed by atoms with Crippen LogP contribution in [0.3, 0.4) is 0 Å². The van der Waals surface area contributed by atoms with Crippen molar-refractivity contribution in [1.82, 2.24) is 4.90 Å². The molecule has 0 saturated carbocycles. The second-order valence-corrected chi connectivity index (χ2v) is 5.66. The first kappa shape index (κ1) is 15.6. The van der Waals surface area contributed by atoms with Crippen molar-refractivity contribution in [1.29, 1.82) is 0 Å². The number of halogens is 1. The minimum Gasteiger partial charge on any atom is -0.397 e. The molecule has 0 atom stereocenters. The van der Waals surface area contributed by atoms with E-state index in [1.54, 1.807) is 18.2 Å². The number of carbonyl (C=O) groups excluding carboxylic acids is 2. The Balaban J connectivity index is 1.75. The lowest BCUT2D eigenvalue weighted by atomic mass is 10.1. The smallest absolute Gasteiger partial charge is 0.224 e. The van der Waals surface area contributed by atoms with Crippen molar-refractivity contribution in [2.24, 2.45) is 0 Å². The van der Waals surface area contributed by atoms with Gasteiger partial charge in [0, 0.05) is 31.0 Å². The second kappa shape index (κ2) is 7.31. The summed E-state index contributed by atoms with van der Waals surface area (Å²) in [5.41, 5.74) is 6.80. The Bertz CT molecular complexity index is 534. The minimum absolute atomic E-state index is 0.103. The highest BCUT2D eigenvalue weighted by molar-refractivity contribution is 6.31. The molecule has 2 rings (SSSR count). The molecule has 6 heteroatoms. The van der Waals surface area contributed by atoms with Crippen molar-refractivity contribution >= 4 is 34.8 Å². The van der Waals surface area contributed by atoms with E-state index in [-0.39, 0.29) is 11.8 Å². The van der Waals surface area contributed by atoms with E-state index in [2.05, 4.69) is 5.32 Å². The molecule has 3 N–H and O–H groups in total. The van der Waals surface area contributed by atoms with Crippen molar-refractivity contribution in [3.05, 3.63) is 23.2 Å². The van der Waals surface area contributed by atoms with Gasteiger partial charge in [-0.1, -0.05) is 11.6 Å². The van der Waals surface area contributed by atoms with E-state index in [4.69, 9.17) is 17.3 Å². The van der Waals surface area contributed by atoms with Gasteiger partial charge in [-0.05, 0) is 37.5 Å². The first-order valence-corrected chi connectivity index (χ1v) is 7.57. The van der Waals surface area contributed by atoms with E-state index in [0.717, 1.165) is 19.4 Å². The maximum absolute atomic E-state index is 11.9. The molecule has 114 valence electrons. The second-order valence-electron chi connectivity index (χ2n) is 5.22. The SMILES string of the molecule is Nc1cc(Cl)ccc1NC(=O)CCCN1CCCCC1=O. The lowest BCUT2D eigenvalue weighted by Gasteiger charge is -2.26. The molecule has 1 aromatic rings. The third-order valence-electron chi connectivity index (χ3n) is 3.54. The number of hydrogen-bond donors (Lipinski definition) is 2. The average Bonchev–Trinajstić information content (AvgIpc) is 2.44. The van der Waals surface area contributed by atoms with Crippen LogP contribution >= 0.6 is 11.6 Å². The molecule has 1 aliphatic rings. The van der Waals surface area contributed by atoms with Crippen molar-refractivity contribution in [3.8, 4) is 0 Å². The summed E-state index contributed by atoms with van der Waals surface area (Å²) < 4.78 is 0. The summed E-state index contributed by atoms with van der Waals surface area (Å²) >= 11 is 5.81. The van der Waals surface area contributed by atoms with Crippen LogP contribution in [0.4, 0.5) is 11.4 Å². The predicted molar refractivity (Wildman–Crippen MR) is 84.2 cm³/mol. The monoisotopic (exact) mass is 309 g/mol. The number of amides is 2. The summed E-state index contributed by atoms with van der Waals surface area (Å²) in [7, 11) is 0. The van der Waals surface area contributed by atoms with Gasteiger partial charge >= 0.3 is 0 Å². The van der Waals surface area contributed by atoms with Crippen molar-refractivity contribution in [2.75, 3.05) is 24.1 Å². The van der Waals surface area contributed by atoms with E-state index < -0.39 is 0 Å². The van der Waals surface area contributed by atoms with E-state index in [1.165, 1.54) is 0 Å². The fourth-order valence-corrected chi connectivity index (χ4v) is 2.57. The molecular formula is C15H20ClN3O2. The highest BCUT2D eigenvalue weighted by Crippen LogP contribution is 2.22. The number of likely N-dealkylation sites (tertiary alicyclic amines) is 1. The number of hydrogen-bond acceptors (Lipinski definition) is 3. The lowest BCUT2D eigenvalue weighted by molar-refractivity contribution is -0.133. The Morgan fingerprint density at radius 1 is 1.38 bits per heavy atom. The fourth-order valence-electron chi connectivity index (χ4n) is 2.39. The first-order chi connectivity index (χ1) is 10.1. The number of carbonyl (C=O) groups is 2. The number of anilines is 2. The van der Waals surface area contributed by atoms with Crippen LogP contribution in [-0.4, -0.2) is 29.8 Å². The van der Waals surface area contributed by atoms with Crippen LogP contribution in [0.2, 0.25) is 5.02 Å². The molecule has 1 aliphatic heterocycles. The average molecular weight is 310 g/mol. The molecule has 0 aromatic heterocycles. The summed E-state index contributed by atoms with van der Waals surface area (Å²) in [6.45, 7) is 1.45. The van der Waals surface area contributed by atoms with Gasteiger partial charge in [-0.25, -0.2) is 0 Å². The molecule has 5 nitrogen and oxygen atoms in total. The molecule has 0 unspecified atom stereocenters. The van der Waals surface area contributed by atoms with Gasteiger partial charge < -0.3 is 16.0 Å². The number of nitrogens with one attached hydrogen (secondary N) is 1. The van der Waals surface area contributed by atoms with E-state index in [9.17, 15) is 9.59 Å². The Morgan fingerprint density at radius 3 is 2.90 bits per heavy atom. The van der Waals surface area contributed by atoms with Crippen molar-refractivity contribution in [2.45, 2.75) is 32.1 Å². The highest BCUT2D eigenvalue weighted by atomic mass is 35.5. The molecule has 0 bridgehead atoms. The zero-order valence-corrected chi connectivity index (χ0v) is 12.7. The van der Waals surface area contributed by atoms with Gasteiger partial charge in [0.05, 0.1) is 11.4 Å². The molecule has 2 amide bonds. The first-order valence-electron chi connectivity index (χ1n) is 7.19. The topological polar surface area (TPSA) is 75.4 Å². The van der Waals surface area contributed by atoms with Gasteiger partial charge in [-0.15, -0.1) is 0 Å². The summed E-state index contributed by atoms with van der Waals surface area (Å²) in [5, 5.41) is 3.30. The largest absolute Gasteiger partial charge is 0.397 e. The molecular weight excluding hydrogens is 290 g/mol. The molecule has 0 spiro atoms. The van der Waals surface area contributed by atoms with Crippen LogP contribution in [0.1, 0.15) is 32.1 Å².